The van der Waals surface area contributed by atoms with Crippen LogP contribution in [0.25, 0.3) is 0 Å². The van der Waals surface area contributed by atoms with Gasteiger partial charge in [-0.3, -0.25) is 14.4 Å². The largest absolute Gasteiger partial charge is 0.480 e. The zero-order valence-electron chi connectivity index (χ0n) is 12.6. The second kappa shape index (κ2) is 9.06. The number of hydrogen-bond donors (Lipinski definition) is 6. The fraction of sp³-hybridized carbons (Fsp3) is 0.692. The molecule has 1 saturated heterocycles. The highest BCUT2D eigenvalue weighted by molar-refractivity contribution is 5.92. The number of carboxylic acid groups (broad SMARTS) is 1. The summed E-state index contributed by atoms with van der Waals surface area (Å²) in [4.78, 5) is 45.7. The van der Waals surface area contributed by atoms with E-state index in [-0.39, 0.29) is 12.8 Å². The SMILES string of the molecule is NC(=O)CCC(NC(=O)C(CO)NC(=O)C1CCCN1)C(=O)O. The molecule has 3 amide bonds. The number of carbonyl (C=O) groups excluding carboxylic acids is 3. The molecule has 0 aliphatic carbocycles. The van der Waals surface area contributed by atoms with Gasteiger partial charge in [0.2, 0.25) is 17.7 Å². The maximum absolute atomic E-state index is 12.0. The lowest BCUT2D eigenvalue weighted by atomic mass is 10.1. The van der Waals surface area contributed by atoms with Crippen molar-refractivity contribution in [3.63, 3.8) is 0 Å². The molecule has 23 heavy (non-hydrogen) atoms. The Morgan fingerprint density at radius 1 is 1.22 bits per heavy atom. The number of primary amides is 1. The van der Waals surface area contributed by atoms with Gasteiger partial charge in [0.25, 0.3) is 0 Å². The van der Waals surface area contributed by atoms with Crippen molar-refractivity contribution >= 4 is 23.7 Å². The normalized spacial score (nSPS) is 19.6. The van der Waals surface area contributed by atoms with E-state index < -0.39 is 48.4 Å². The van der Waals surface area contributed by atoms with E-state index >= 15 is 0 Å². The maximum Gasteiger partial charge on any atom is 0.326 e. The van der Waals surface area contributed by atoms with Gasteiger partial charge in [0.15, 0.2) is 0 Å². The monoisotopic (exact) mass is 330 g/mol. The first kappa shape index (κ1) is 18.8. The minimum Gasteiger partial charge on any atom is -0.480 e. The van der Waals surface area contributed by atoms with Gasteiger partial charge in [-0.2, -0.15) is 0 Å². The van der Waals surface area contributed by atoms with E-state index in [2.05, 4.69) is 16.0 Å². The number of nitrogens with one attached hydrogen (secondary N) is 3. The average Bonchev–Trinajstić information content (AvgIpc) is 3.02. The molecule has 1 aliphatic heterocycles. The van der Waals surface area contributed by atoms with Gasteiger partial charge in [0, 0.05) is 6.42 Å². The molecule has 1 fully saturated rings. The Labute approximate surface area is 132 Å². The van der Waals surface area contributed by atoms with Crippen molar-refractivity contribution in [3.8, 4) is 0 Å². The Balaban J connectivity index is 2.57. The fourth-order valence-electron chi connectivity index (χ4n) is 2.19. The van der Waals surface area contributed by atoms with E-state index in [1.807, 2.05) is 0 Å². The number of carbonyl (C=O) groups is 4. The Bertz CT molecular complexity index is 463. The summed E-state index contributed by atoms with van der Waals surface area (Å²) in [5.74, 6) is -3.29. The quantitative estimate of drug-likeness (QED) is 0.262. The molecule has 1 rings (SSSR count). The van der Waals surface area contributed by atoms with Gasteiger partial charge < -0.3 is 31.9 Å². The van der Waals surface area contributed by atoms with E-state index in [1.165, 1.54) is 0 Å². The molecule has 3 atom stereocenters. The molecule has 130 valence electrons. The highest BCUT2D eigenvalue weighted by Gasteiger charge is 2.29. The topological polar surface area (TPSA) is 171 Å². The molecule has 0 radical (unpaired) electrons. The van der Waals surface area contributed by atoms with Crippen LogP contribution in [0, 0.1) is 0 Å². The molecular formula is C13H22N4O6. The zero-order valence-corrected chi connectivity index (χ0v) is 12.6. The molecule has 10 heteroatoms. The van der Waals surface area contributed by atoms with Crippen LogP contribution in [0.15, 0.2) is 0 Å². The number of amides is 3. The lowest BCUT2D eigenvalue weighted by Crippen LogP contribution is -2.55. The number of carboxylic acids is 1. The van der Waals surface area contributed by atoms with Gasteiger partial charge in [-0.1, -0.05) is 0 Å². The smallest absolute Gasteiger partial charge is 0.326 e. The van der Waals surface area contributed by atoms with Crippen LogP contribution in [0.5, 0.6) is 0 Å². The molecule has 0 aromatic heterocycles. The average molecular weight is 330 g/mol. The standard InChI is InChI=1S/C13H22N4O6/c14-10(19)4-3-8(13(22)23)16-12(21)9(6-18)17-11(20)7-2-1-5-15-7/h7-9,15,18H,1-6H2,(H2,14,19)(H,16,21)(H,17,20)(H,22,23). The summed E-state index contributed by atoms with van der Waals surface area (Å²) in [6.45, 7) is 0.0226. The Morgan fingerprint density at radius 2 is 1.91 bits per heavy atom. The molecule has 0 aromatic carbocycles. The van der Waals surface area contributed by atoms with Gasteiger partial charge in [-0.05, 0) is 25.8 Å². The van der Waals surface area contributed by atoms with E-state index in [4.69, 9.17) is 10.8 Å². The third-order valence-electron chi connectivity index (χ3n) is 3.49. The van der Waals surface area contributed by atoms with Crippen molar-refractivity contribution in [2.45, 2.75) is 43.8 Å². The van der Waals surface area contributed by atoms with Gasteiger partial charge in [0.05, 0.1) is 12.6 Å². The maximum atomic E-state index is 12.0. The molecule has 0 saturated carbocycles. The third-order valence-corrected chi connectivity index (χ3v) is 3.49. The number of nitrogens with two attached hydrogens (primary N) is 1. The minimum absolute atomic E-state index is 0.174. The first-order valence-corrected chi connectivity index (χ1v) is 7.31. The van der Waals surface area contributed by atoms with E-state index in [0.717, 1.165) is 6.42 Å². The number of aliphatic hydroxyl groups excluding tert-OH is 1. The van der Waals surface area contributed by atoms with Crippen LogP contribution >= 0.6 is 0 Å². The second-order valence-corrected chi connectivity index (χ2v) is 5.30. The molecule has 10 nitrogen and oxygen atoms in total. The number of hydrogen-bond acceptors (Lipinski definition) is 6. The predicted octanol–water partition coefficient (Wildman–Crippen LogP) is -2.95. The first-order chi connectivity index (χ1) is 10.8. The van der Waals surface area contributed by atoms with Crippen molar-refractivity contribution in [3.05, 3.63) is 0 Å². The summed E-state index contributed by atoms with van der Waals surface area (Å²) in [7, 11) is 0. The molecule has 0 bridgehead atoms. The fourth-order valence-corrected chi connectivity index (χ4v) is 2.19. The van der Waals surface area contributed by atoms with Crippen LogP contribution in [-0.2, 0) is 19.2 Å². The molecule has 0 aromatic rings. The van der Waals surface area contributed by atoms with Crippen molar-refractivity contribution < 1.29 is 29.4 Å². The molecule has 1 aliphatic rings. The van der Waals surface area contributed by atoms with Crippen molar-refractivity contribution in [1.29, 1.82) is 0 Å². The van der Waals surface area contributed by atoms with Crippen LogP contribution in [0.3, 0.4) is 0 Å². The van der Waals surface area contributed by atoms with Gasteiger partial charge in [-0.15, -0.1) is 0 Å². The van der Waals surface area contributed by atoms with E-state index in [0.29, 0.717) is 13.0 Å². The van der Waals surface area contributed by atoms with Gasteiger partial charge >= 0.3 is 5.97 Å². The summed E-state index contributed by atoms with van der Waals surface area (Å²) in [6.07, 6.45) is 1.08. The van der Waals surface area contributed by atoms with Gasteiger partial charge in [0.1, 0.15) is 12.1 Å². The van der Waals surface area contributed by atoms with Crippen molar-refractivity contribution in [2.24, 2.45) is 5.73 Å². The van der Waals surface area contributed by atoms with Crippen LogP contribution < -0.4 is 21.7 Å². The Morgan fingerprint density at radius 3 is 2.39 bits per heavy atom. The zero-order chi connectivity index (χ0) is 17.4. The first-order valence-electron chi connectivity index (χ1n) is 7.31. The molecule has 1 heterocycles. The lowest BCUT2D eigenvalue weighted by molar-refractivity contribution is -0.142. The van der Waals surface area contributed by atoms with Crippen LogP contribution in [0.4, 0.5) is 0 Å². The van der Waals surface area contributed by atoms with Crippen LogP contribution in [0.2, 0.25) is 0 Å². The summed E-state index contributed by atoms with van der Waals surface area (Å²) in [5, 5.41) is 25.8. The Kier molecular flexibility index (Phi) is 7.42. The third kappa shape index (κ3) is 6.20. The van der Waals surface area contributed by atoms with Gasteiger partial charge in [-0.25, -0.2) is 4.79 Å². The summed E-state index contributed by atoms with van der Waals surface area (Å²) < 4.78 is 0. The predicted molar refractivity (Wildman–Crippen MR) is 78.0 cm³/mol. The van der Waals surface area contributed by atoms with E-state index in [1.54, 1.807) is 0 Å². The minimum atomic E-state index is -1.33. The highest BCUT2D eigenvalue weighted by atomic mass is 16.4. The second-order valence-electron chi connectivity index (χ2n) is 5.30. The van der Waals surface area contributed by atoms with Crippen LogP contribution in [0.1, 0.15) is 25.7 Å². The Hall–Kier alpha value is -2.20. The summed E-state index contributed by atoms with van der Waals surface area (Å²) in [6, 6.07) is -3.02. The molecule has 0 spiro atoms. The highest BCUT2D eigenvalue weighted by Crippen LogP contribution is 2.05. The summed E-state index contributed by atoms with van der Waals surface area (Å²) in [5.41, 5.74) is 4.94. The lowest BCUT2D eigenvalue weighted by Gasteiger charge is -2.21. The van der Waals surface area contributed by atoms with Crippen molar-refractivity contribution in [1.82, 2.24) is 16.0 Å². The van der Waals surface area contributed by atoms with E-state index in [9.17, 15) is 24.3 Å². The number of aliphatic carboxylic acids is 1. The summed E-state index contributed by atoms with van der Waals surface area (Å²) >= 11 is 0. The molecule has 7 N–H and O–H groups in total. The van der Waals surface area contributed by atoms with Crippen molar-refractivity contribution in [2.75, 3.05) is 13.2 Å². The number of rotatable bonds is 9. The number of aliphatic hydroxyl groups is 1. The van der Waals surface area contributed by atoms with Crippen LogP contribution in [-0.4, -0.2) is 65.2 Å². The molecule has 3 unspecified atom stereocenters. The molecular weight excluding hydrogens is 308 g/mol.